The Bertz CT molecular complexity index is 3030. The van der Waals surface area contributed by atoms with E-state index in [2.05, 4.69) is 148 Å². The van der Waals surface area contributed by atoms with Crippen LogP contribution in [0.5, 0.6) is 0 Å². The molecular weight excluding hydrogens is 908 g/mol. The van der Waals surface area contributed by atoms with Crippen LogP contribution in [0.2, 0.25) is 0 Å². The van der Waals surface area contributed by atoms with Crippen molar-refractivity contribution in [2.24, 2.45) is 0 Å². The van der Waals surface area contributed by atoms with Gasteiger partial charge in [0.05, 0.1) is 22.3 Å². The van der Waals surface area contributed by atoms with E-state index in [0.29, 0.717) is 35.3 Å². The highest BCUT2D eigenvalue weighted by molar-refractivity contribution is 6.22. The fourth-order valence-corrected chi connectivity index (χ4v) is 8.54. The molecular formula is C55H53ClN6O8. The van der Waals surface area contributed by atoms with Gasteiger partial charge in [0.25, 0.3) is 23.6 Å². The highest BCUT2D eigenvalue weighted by Crippen LogP contribution is 2.35. The van der Waals surface area contributed by atoms with Crippen molar-refractivity contribution in [3.05, 3.63) is 196 Å². The number of amides is 4. The highest BCUT2D eigenvalue weighted by Gasteiger charge is 2.34. The molecule has 0 saturated carbocycles. The number of anilines is 5. The van der Waals surface area contributed by atoms with Crippen molar-refractivity contribution < 1.29 is 52.6 Å². The molecule has 0 unspecified atom stereocenters. The summed E-state index contributed by atoms with van der Waals surface area (Å²) < 4.78 is 36.1. The van der Waals surface area contributed by atoms with Crippen molar-refractivity contribution in [3.63, 3.8) is 0 Å². The summed E-state index contributed by atoms with van der Waals surface area (Å²) in [5, 5.41) is 0. The topological polar surface area (TPSA) is 180 Å². The van der Waals surface area contributed by atoms with E-state index in [1.165, 1.54) is 14.1 Å². The third kappa shape index (κ3) is 10.8. The molecule has 3 aliphatic rings. The maximum absolute atomic E-state index is 12.8. The molecule has 358 valence electrons. The van der Waals surface area contributed by atoms with Gasteiger partial charge >= 0.3 is 0 Å². The first-order valence-electron chi connectivity index (χ1n) is 22.4. The number of nitrogens with zero attached hydrogens (tertiary/aromatic N) is 6. The average Bonchev–Trinajstić information content (AvgIpc) is 3.69. The van der Waals surface area contributed by atoms with Crippen LogP contribution >= 0.6 is 0 Å². The number of benzene rings is 5. The zero-order chi connectivity index (χ0) is 50.6. The van der Waals surface area contributed by atoms with Gasteiger partial charge in [-0.3, -0.25) is 29.0 Å². The quantitative estimate of drug-likeness (QED) is 0.0929. The molecule has 0 bridgehead atoms. The van der Waals surface area contributed by atoms with Crippen LogP contribution in [0.3, 0.4) is 0 Å². The third-order valence-electron chi connectivity index (χ3n) is 12.3. The Kier molecular flexibility index (Phi) is 15.0. The molecule has 15 heteroatoms. The Balaban J connectivity index is 0.00000137. The minimum absolute atomic E-state index is 0.277. The lowest BCUT2D eigenvalue weighted by Gasteiger charge is -2.24. The second-order valence-electron chi connectivity index (χ2n) is 17.0. The van der Waals surface area contributed by atoms with Crippen molar-refractivity contribution >= 4 is 68.9 Å². The molecule has 0 radical (unpaired) electrons. The number of imide groups is 2. The average molecular weight is 962 g/mol. The lowest BCUT2D eigenvalue weighted by atomic mass is 9.94. The van der Waals surface area contributed by atoms with Crippen LogP contribution in [-0.4, -0.2) is 99.1 Å². The van der Waals surface area contributed by atoms with E-state index in [1.807, 2.05) is 52.5 Å². The van der Waals surface area contributed by atoms with E-state index in [9.17, 15) is 19.2 Å². The summed E-state index contributed by atoms with van der Waals surface area (Å²) in [6, 6.07) is 36.4. The smallest absolute Gasteiger partial charge is 0.261 e. The normalized spacial score (nSPS) is 14.3. The molecule has 0 spiro atoms. The number of hydrogen-bond acceptors (Lipinski definition) is 11. The van der Waals surface area contributed by atoms with Gasteiger partial charge in [0, 0.05) is 81.9 Å². The lowest BCUT2D eigenvalue weighted by Crippen LogP contribution is -2.68. The van der Waals surface area contributed by atoms with Crippen molar-refractivity contribution in [1.82, 2.24) is 9.80 Å². The fourth-order valence-electron chi connectivity index (χ4n) is 8.54. The van der Waals surface area contributed by atoms with Crippen LogP contribution in [0.1, 0.15) is 72.0 Å². The molecule has 2 aliphatic heterocycles. The summed E-state index contributed by atoms with van der Waals surface area (Å²) in [5.74, 6) is -1.13. The summed E-state index contributed by atoms with van der Waals surface area (Å²) in [7, 11) is 6.22. The second-order valence-corrected chi connectivity index (χ2v) is 17.8. The van der Waals surface area contributed by atoms with Crippen LogP contribution in [0, 0.1) is 10.2 Å². The van der Waals surface area contributed by atoms with Crippen molar-refractivity contribution in [3.8, 4) is 0 Å². The van der Waals surface area contributed by atoms with Gasteiger partial charge in [0.2, 0.25) is 0 Å². The van der Waals surface area contributed by atoms with Crippen molar-refractivity contribution in [2.75, 3.05) is 70.1 Å². The fraction of sp³-hybridized carbons (Fsp3) is 0.182. The Morgan fingerprint density at radius 1 is 0.543 bits per heavy atom. The Morgan fingerprint density at radius 3 is 1.30 bits per heavy atom. The summed E-state index contributed by atoms with van der Waals surface area (Å²) in [6.45, 7) is 5.46. The van der Waals surface area contributed by atoms with E-state index in [4.69, 9.17) is 18.6 Å². The first-order chi connectivity index (χ1) is 33.3. The second kappa shape index (κ2) is 20.9. The molecule has 4 amide bonds. The van der Waals surface area contributed by atoms with Crippen LogP contribution in [0.15, 0.2) is 157 Å². The molecule has 0 saturated heterocycles. The SMILES string of the molecule is CCN(c1ccc(C(/C=C/C=C(\c2ccc(N(C)C)cc2)c2ccc(N(CC)c3ccc4c(c3)C(=O)N(C)C4=O)cc2)=C2C=CC(=[N+](C)C)C=C2)cc1)c1ccc2c(c1)C(=O)N(C)C2=O.[O-][Cl+3]([O-])([O-])[O-]. The van der Waals surface area contributed by atoms with Gasteiger partial charge in [0.1, 0.15) is 14.1 Å². The van der Waals surface area contributed by atoms with E-state index < -0.39 is 10.2 Å². The van der Waals surface area contributed by atoms with Crippen LogP contribution in [-0.2, 0) is 0 Å². The van der Waals surface area contributed by atoms with Gasteiger partial charge in [-0.2, -0.15) is 0 Å². The molecule has 0 atom stereocenters. The Labute approximate surface area is 410 Å². The predicted molar refractivity (Wildman–Crippen MR) is 263 cm³/mol. The summed E-state index contributed by atoms with van der Waals surface area (Å²) >= 11 is 0. The van der Waals surface area contributed by atoms with E-state index in [1.54, 1.807) is 12.1 Å². The number of rotatable bonds is 12. The highest BCUT2D eigenvalue weighted by atomic mass is 35.7. The predicted octanol–water partition coefficient (Wildman–Crippen LogP) is 5.05. The molecule has 1 aliphatic carbocycles. The van der Waals surface area contributed by atoms with E-state index >= 15 is 0 Å². The molecule has 14 nitrogen and oxygen atoms in total. The lowest BCUT2D eigenvalue weighted by molar-refractivity contribution is -2.00. The summed E-state index contributed by atoms with van der Waals surface area (Å²) in [6.07, 6.45) is 15.0. The van der Waals surface area contributed by atoms with Gasteiger partial charge in [-0.1, -0.05) is 54.6 Å². The maximum atomic E-state index is 12.8. The van der Waals surface area contributed by atoms with Gasteiger partial charge in [-0.25, -0.2) is 23.2 Å². The largest absolute Gasteiger partial charge is 0.378 e. The van der Waals surface area contributed by atoms with E-state index in [0.717, 1.165) is 77.4 Å². The monoisotopic (exact) mass is 960 g/mol. The van der Waals surface area contributed by atoms with Gasteiger partial charge in [0.15, 0.2) is 5.71 Å². The summed E-state index contributed by atoms with van der Waals surface area (Å²) in [4.78, 5) is 59.5. The van der Waals surface area contributed by atoms with Gasteiger partial charge in [-0.05, 0) is 132 Å². The molecule has 5 aromatic carbocycles. The molecule has 0 aromatic heterocycles. The number of carbonyl (C=O) groups excluding carboxylic acids is 4. The zero-order valence-corrected chi connectivity index (χ0v) is 40.9. The first kappa shape index (κ1) is 50.2. The minimum Gasteiger partial charge on any atom is -0.378 e. The molecule has 8 rings (SSSR count). The number of carbonyl (C=O) groups is 4. The van der Waals surface area contributed by atoms with Gasteiger partial charge < -0.3 is 14.7 Å². The molecule has 5 aromatic rings. The molecule has 70 heavy (non-hydrogen) atoms. The maximum Gasteiger partial charge on any atom is 0.261 e. The number of hydrogen-bond donors (Lipinski definition) is 0. The van der Waals surface area contributed by atoms with E-state index in [-0.39, 0.29) is 23.6 Å². The van der Waals surface area contributed by atoms with Crippen LogP contribution < -0.4 is 33.3 Å². The number of allylic oxidation sites excluding steroid dienone is 9. The van der Waals surface area contributed by atoms with Crippen LogP contribution in [0.25, 0.3) is 11.1 Å². The first-order valence-corrected chi connectivity index (χ1v) is 23.6. The number of fused-ring (bicyclic) bond motifs is 2. The third-order valence-corrected chi connectivity index (χ3v) is 12.3. The minimum atomic E-state index is -4.94. The Hall–Kier alpha value is -7.72. The Morgan fingerprint density at radius 2 is 0.914 bits per heavy atom. The molecule has 0 fully saturated rings. The van der Waals surface area contributed by atoms with Gasteiger partial charge in [-0.15, -0.1) is 10.2 Å². The number of halogens is 1. The molecule has 2 heterocycles. The zero-order valence-electron chi connectivity index (χ0n) is 40.2. The van der Waals surface area contributed by atoms with Crippen LogP contribution in [0.4, 0.5) is 28.4 Å². The summed E-state index contributed by atoms with van der Waals surface area (Å²) in [5.41, 5.74) is 13.8. The molecule has 0 N–H and O–H groups in total. The standard InChI is InChI=1S/C55H53N6O4.ClHO4/c1-9-60(44-30-32-48-50(34-44)54(64)58(7)52(48)62)42-26-18-38(19-27-42)46(36-14-22-40(23-15-36)56(3)4)12-11-13-47(37-16-24-41(25-17-37)57(5)6)39-20-28-43(29-21-39)61(10-2)45-31-33-49-51(35-45)55(65)59(8)53(49)63;2-1(3,4)5/h11-35H,9-10H2,1-8H3;(H,2,3,4,5)/q+1;/p-1. The van der Waals surface area contributed by atoms with Crippen molar-refractivity contribution in [1.29, 1.82) is 0 Å². The van der Waals surface area contributed by atoms with Crippen molar-refractivity contribution in [2.45, 2.75) is 13.8 Å².